The summed E-state index contributed by atoms with van der Waals surface area (Å²) in [5.41, 5.74) is 6.34. The fourth-order valence-corrected chi connectivity index (χ4v) is 4.89. The molecule has 0 fully saturated rings. The number of nitrogens with zero attached hydrogens (tertiary/aromatic N) is 1. The first kappa shape index (κ1) is 23.0. The molecular weight excluding hydrogens is 410 g/mol. The Morgan fingerprint density at radius 1 is 0.909 bits per heavy atom. The van der Waals surface area contributed by atoms with E-state index in [1.54, 1.807) is 12.4 Å². The molecule has 4 nitrogen and oxygen atoms in total. The Hall–Kier alpha value is -3.14. The Kier molecular flexibility index (Phi) is 6.29. The average molecular weight is 444 g/mol. The van der Waals surface area contributed by atoms with E-state index >= 15 is 0 Å². The second kappa shape index (κ2) is 9.01. The molecule has 1 heterocycles. The van der Waals surface area contributed by atoms with Gasteiger partial charge in [0.1, 0.15) is 12.4 Å². The van der Waals surface area contributed by atoms with E-state index in [2.05, 4.69) is 50.9 Å². The van der Waals surface area contributed by atoms with Gasteiger partial charge in [0, 0.05) is 18.3 Å². The van der Waals surface area contributed by atoms with Gasteiger partial charge in [-0.1, -0.05) is 58.0 Å². The van der Waals surface area contributed by atoms with Crippen LogP contribution in [0.15, 0.2) is 67.0 Å². The number of benzene rings is 2. The van der Waals surface area contributed by atoms with E-state index in [-0.39, 0.29) is 23.2 Å². The largest absolute Gasteiger partial charge is 0.489 e. The van der Waals surface area contributed by atoms with Crippen LogP contribution in [0.4, 0.5) is 0 Å². The van der Waals surface area contributed by atoms with Gasteiger partial charge in [-0.15, -0.1) is 0 Å². The summed E-state index contributed by atoms with van der Waals surface area (Å²) in [6.45, 7) is 9.85. The molecule has 0 radical (unpaired) electrons. The molecule has 0 aliphatic heterocycles. The number of aromatic nitrogens is 1. The average Bonchev–Trinajstić information content (AvgIpc) is 2.80. The Morgan fingerprint density at radius 2 is 1.52 bits per heavy atom. The monoisotopic (exact) mass is 443 g/mol. The second-order valence-corrected chi connectivity index (χ2v) is 10.4. The number of carboxylic acids is 1. The minimum absolute atomic E-state index is 0.0332. The molecular formula is C29H33NO3. The van der Waals surface area contributed by atoms with Gasteiger partial charge in [-0.05, 0) is 75.8 Å². The van der Waals surface area contributed by atoms with Gasteiger partial charge in [-0.3, -0.25) is 9.78 Å². The van der Waals surface area contributed by atoms with Crippen LogP contribution in [0.2, 0.25) is 0 Å². The number of aliphatic carboxylic acids is 1. The van der Waals surface area contributed by atoms with Crippen molar-refractivity contribution >= 4 is 5.97 Å². The molecule has 1 aliphatic rings. The maximum Gasteiger partial charge on any atom is 0.304 e. The summed E-state index contributed by atoms with van der Waals surface area (Å²) >= 11 is 0. The lowest BCUT2D eigenvalue weighted by atomic mass is 9.63. The van der Waals surface area contributed by atoms with Crippen LogP contribution < -0.4 is 4.74 Å². The second-order valence-electron chi connectivity index (χ2n) is 10.4. The lowest BCUT2D eigenvalue weighted by molar-refractivity contribution is -0.137. The maximum atomic E-state index is 11.4. The summed E-state index contributed by atoms with van der Waals surface area (Å²) in [5.74, 6) is -0.263. The Labute approximate surface area is 196 Å². The summed E-state index contributed by atoms with van der Waals surface area (Å²) < 4.78 is 6.10. The highest BCUT2D eigenvalue weighted by molar-refractivity contribution is 5.69. The van der Waals surface area contributed by atoms with Crippen molar-refractivity contribution in [2.45, 2.75) is 70.3 Å². The molecule has 2 aromatic carbocycles. The molecule has 1 atom stereocenters. The van der Waals surface area contributed by atoms with Gasteiger partial charge in [-0.2, -0.15) is 0 Å². The van der Waals surface area contributed by atoms with E-state index in [0.717, 1.165) is 16.9 Å². The molecule has 4 heteroatoms. The molecule has 3 aromatic rings. The van der Waals surface area contributed by atoms with Crippen LogP contribution in [0.1, 0.15) is 80.7 Å². The van der Waals surface area contributed by atoms with E-state index < -0.39 is 5.97 Å². The molecule has 0 spiro atoms. The van der Waals surface area contributed by atoms with Gasteiger partial charge in [0.05, 0.1) is 6.42 Å². The third-order valence-electron chi connectivity index (χ3n) is 7.09. The van der Waals surface area contributed by atoms with Crippen molar-refractivity contribution in [1.29, 1.82) is 0 Å². The van der Waals surface area contributed by atoms with Gasteiger partial charge in [0.25, 0.3) is 0 Å². The molecule has 1 N–H and O–H groups in total. The van der Waals surface area contributed by atoms with Crippen molar-refractivity contribution in [3.8, 4) is 5.75 Å². The van der Waals surface area contributed by atoms with Gasteiger partial charge in [-0.25, -0.2) is 0 Å². The van der Waals surface area contributed by atoms with Crippen molar-refractivity contribution in [2.24, 2.45) is 0 Å². The van der Waals surface area contributed by atoms with Crippen LogP contribution >= 0.6 is 0 Å². The molecule has 4 rings (SSSR count). The molecule has 0 saturated carbocycles. The van der Waals surface area contributed by atoms with Gasteiger partial charge in [0.15, 0.2) is 0 Å². The molecule has 33 heavy (non-hydrogen) atoms. The smallest absolute Gasteiger partial charge is 0.304 e. The van der Waals surface area contributed by atoms with Crippen molar-refractivity contribution in [1.82, 2.24) is 4.98 Å². The predicted molar refractivity (Wildman–Crippen MR) is 131 cm³/mol. The number of ether oxygens (including phenoxy) is 1. The van der Waals surface area contributed by atoms with Gasteiger partial charge >= 0.3 is 5.97 Å². The standard InChI is InChI=1S/C29H33NO3/c1-28(2)13-14-29(3,4)26-17-20(5-10-25(26)28)19-33-23-8-6-21(7-9-23)24(18-27(31)32)22-11-15-30-16-12-22/h5-12,15-17,24H,13-14,18-19H2,1-4H3,(H,31,32). The molecule has 172 valence electrons. The molecule has 0 amide bonds. The first-order chi connectivity index (χ1) is 15.7. The highest BCUT2D eigenvalue weighted by Gasteiger charge is 2.36. The summed E-state index contributed by atoms with van der Waals surface area (Å²) in [4.78, 5) is 15.5. The fourth-order valence-electron chi connectivity index (χ4n) is 4.89. The molecule has 0 bridgehead atoms. The maximum absolute atomic E-state index is 11.4. The van der Waals surface area contributed by atoms with E-state index in [4.69, 9.17) is 4.74 Å². The number of hydrogen-bond donors (Lipinski definition) is 1. The zero-order chi connectivity index (χ0) is 23.6. The van der Waals surface area contributed by atoms with E-state index in [1.165, 1.54) is 29.5 Å². The lowest BCUT2D eigenvalue weighted by Crippen LogP contribution is -2.33. The van der Waals surface area contributed by atoms with Gasteiger partial charge in [0.2, 0.25) is 0 Å². The van der Waals surface area contributed by atoms with Crippen molar-refractivity contribution in [2.75, 3.05) is 0 Å². The van der Waals surface area contributed by atoms with Crippen LogP contribution in [0.5, 0.6) is 5.75 Å². The Morgan fingerprint density at radius 3 is 2.15 bits per heavy atom. The summed E-state index contributed by atoms with van der Waals surface area (Å²) in [6.07, 6.45) is 5.82. The minimum Gasteiger partial charge on any atom is -0.489 e. The molecule has 1 aliphatic carbocycles. The summed E-state index contributed by atoms with van der Waals surface area (Å²) in [6, 6.07) is 18.3. The molecule has 1 aromatic heterocycles. The fraction of sp³-hybridized carbons (Fsp3) is 0.379. The van der Waals surface area contributed by atoms with E-state index in [9.17, 15) is 9.90 Å². The molecule has 0 saturated heterocycles. The highest BCUT2D eigenvalue weighted by Crippen LogP contribution is 2.46. The van der Waals surface area contributed by atoms with E-state index in [0.29, 0.717) is 6.61 Å². The number of pyridine rings is 1. The van der Waals surface area contributed by atoms with Crippen LogP contribution in [0.25, 0.3) is 0 Å². The quantitative estimate of drug-likeness (QED) is 0.446. The topological polar surface area (TPSA) is 59.4 Å². The van der Waals surface area contributed by atoms with Crippen LogP contribution in [-0.2, 0) is 22.2 Å². The minimum atomic E-state index is -0.823. The first-order valence-electron chi connectivity index (χ1n) is 11.6. The van der Waals surface area contributed by atoms with E-state index in [1.807, 2.05) is 36.4 Å². The van der Waals surface area contributed by atoms with Crippen LogP contribution in [-0.4, -0.2) is 16.1 Å². The van der Waals surface area contributed by atoms with Crippen molar-refractivity contribution in [3.63, 3.8) is 0 Å². The number of fused-ring (bicyclic) bond motifs is 1. The third-order valence-corrected chi connectivity index (χ3v) is 7.09. The third kappa shape index (κ3) is 5.11. The summed E-state index contributed by atoms with van der Waals surface area (Å²) in [5, 5.41) is 9.38. The lowest BCUT2D eigenvalue weighted by Gasteiger charge is -2.42. The van der Waals surface area contributed by atoms with Crippen LogP contribution in [0.3, 0.4) is 0 Å². The Bertz CT molecular complexity index is 1120. The Balaban J connectivity index is 1.49. The van der Waals surface area contributed by atoms with Crippen LogP contribution in [0, 0.1) is 0 Å². The molecule has 1 unspecified atom stereocenters. The highest BCUT2D eigenvalue weighted by atomic mass is 16.5. The van der Waals surface area contributed by atoms with Crippen molar-refractivity contribution in [3.05, 3.63) is 94.8 Å². The number of carbonyl (C=O) groups is 1. The zero-order valence-electron chi connectivity index (χ0n) is 20.0. The van der Waals surface area contributed by atoms with Gasteiger partial charge < -0.3 is 9.84 Å². The number of carboxylic acid groups (broad SMARTS) is 1. The normalized spacial score (nSPS) is 17.1. The van der Waals surface area contributed by atoms with Crippen molar-refractivity contribution < 1.29 is 14.6 Å². The number of rotatable bonds is 7. The SMILES string of the molecule is CC1(C)CCC(C)(C)c2cc(COc3ccc(C(CC(=O)O)c4ccncc4)cc3)ccc21. The predicted octanol–water partition coefficient (Wildman–Crippen LogP) is 6.62. The first-order valence-corrected chi connectivity index (χ1v) is 11.6. The zero-order valence-corrected chi connectivity index (χ0v) is 20.0. The summed E-state index contributed by atoms with van der Waals surface area (Å²) in [7, 11) is 0. The number of hydrogen-bond acceptors (Lipinski definition) is 3.